The van der Waals surface area contributed by atoms with E-state index >= 15 is 0 Å². The summed E-state index contributed by atoms with van der Waals surface area (Å²) < 4.78 is 0. The van der Waals surface area contributed by atoms with E-state index in [9.17, 15) is 0 Å². The molecule has 0 aliphatic carbocycles. The van der Waals surface area contributed by atoms with Crippen LogP contribution in [0.4, 0.5) is 0 Å². The highest BCUT2D eigenvalue weighted by atomic mass is 14.1. The summed E-state index contributed by atoms with van der Waals surface area (Å²) in [6.45, 7) is 8.54. The largest absolute Gasteiger partial charge is 0.106 e. The van der Waals surface area contributed by atoms with E-state index in [1.807, 2.05) is 6.92 Å². The number of unbranched alkanes of at least 4 members (excludes halogenated alkanes) is 1. The Morgan fingerprint density at radius 2 is 1.74 bits per heavy atom. The van der Waals surface area contributed by atoms with E-state index in [1.165, 1.54) is 40.7 Å². The molecule has 23 heavy (non-hydrogen) atoms. The minimum absolute atomic E-state index is 0.354. The van der Waals surface area contributed by atoms with E-state index in [-0.39, 0.29) is 0 Å². The van der Waals surface area contributed by atoms with Crippen LogP contribution in [0.15, 0.2) is 42.5 Å². The van der Waals surface area contributed by atoms with Crippen molar-refractivity contribution in [3.63, 3.8) is 0 Å². The fourth-order valence-electron chi connectivity index (χ4n) is 3.01. The normalized spacial score (nSPS) is 11.7. The zero-order valence-electron chi connectivity index (χ0n) is 14.9. The Morgan fingerprint density at radius 1 is 1.00 bits per heavy atom. The van der Waals surface area contributed by atoms with Crippen molar-refractivity contribution in [2.45, 2.75) is 59.3 Å². The van der Waals surface area contributed by atoms with Gasteiger partial charge in [0.05, 0.1) is 0 Å². The van der Waals surface area contributed by atoms with Gasteiger partial charge >= 0.3 is 0 Å². The molecular formula is C23H28. The van der Waals surface area contributed by atoms with Crippen LogP contribution in [-0.2, 0) is 6.42 Å². The summed E-state index contributed by atoms with van der Waals surface area (Å²) in [5, 5.41) is 0. The summed E-state index contributed by atoms with van der Waals surface area (Å²) in [5.74, 6) is 6.79. The molecule has 0 fully saturated rings. The Balaban J connectivity index is 2.44. The first kappa shape index (κ1) is 17.4. The van der Waals surface area contributed by atoms with Gasteiger partial charge in [0.25, 0.3) is 0 Å². The van der Waals surface area contributed by atoms with Gasteiger partial charge in [-0.2, -0.15) is 0 Å². The van der Waals surface area contributed by atoms with E-state index in [4.69, 9.17) is 0 Å². The number of hydrogen-bond acceptors (Lipinski definition) is 0. The third-order valence-electron chi connectivity index (χ3n) is 4.42. The Hall–Kier alpha value is -2.00. The van der Waals surface area contributed by atoms with Crippen LogP contribution in [0.1, 0.15) is 62.6 Å². The van der Waals surface area contributed by atoms with Crippen molar-refractivity contribution in [1.82, 2.24) is 0 Å². The minimum Gasteiger partial charge on any atom is -0.106 e. The monoisotopic (exact) mass is 304 g/mol. The van der Waals surface area contributed by atoms with Gasteiger partial charge < -0.3 is 0 Å². The summed E-state index contributed by atoms with van der Waals surface area (Å²) >= 11 is 0. The second-order valence-corrected chi connectivity index (χ2v) is 6.24. The van der Waals surface area contributed by atoms with Crippen LogP contribution in [0.2, 0.25) is 0 Å². The molecule has 0 aliphatic heterocycles. The SMILES string of the molecule is CC#CC(CC)c1ccc(-c2ccc(C)cc2)c(CCCC)c1. The van der Waals surface area contributed by atoms with Gasteiger partial charge in [0.2, 0.25) is 0 Å². The summed E-state index contributed by atoms with van der Waals surface area (Å²) in [6.07, 6.45) is 4.67. The van der Waals surface area contributed by atoms with E-state index < -0.39 is 0 Å². The van der Waals surface area contributed by atoms with Crippen LogP contribution in [0.25, 0.3) is 11.1 Å². The Labute approximate surface area is 142 Å². The van der Waals surface area contributed by atoms with Crippen LogP contribution >= 0.6 is 0 Å². The van der Waals surface area contributed by atoms with Crippen molar-refractivity contribution in [1.29, 1.82) is 0 Å². The molecule has 0 heteroatoms. The quantitative estimate of drug-likeness (QED) is 0.533. The van der Waals surface area contributed by atoms with Crippen molar-refractivity contribution in [2.75, 3.05) is 0 Å². The average molecular weight is 304 g/mol. The number of benzene rings is 2. The third kappa shape index (κ3) is 4.49. The molecule has 0 radical (unpaired) electrons. The molecule has 0 aliphatic rings. The zero-order chi connectivity index (χ0) is 16.7. The number of aryl methyl sites for hydroxylation is 2. The van der Waals surface area contributed by atoms with Gasteiger partial charge in [0.1, 0.15) is 0 Å². The lowest BCUT2D eigenvalue weighted by Gasteiger charge is -2.15. The smallest absolute Gasteiger partial charge is 0.0449 e. The van der Waals surface area contributed by atoms with Crippen molar-refractivity contribution in [3.05, 3.63) is 59.2 Å². The first-order valence-corrected chi connectivity index (χ1v) is 8.81. The van der Waals surface area contributed by atoms with Crippen LogP contribution < -0.4 is 0 Å². The molecule has 2 rings (SSSR count). The molecule has 0 bridgehead atoms. The van der Waals surface area contributed by atoms with Crippen LogP contribution in [0.3, 0.4) is 0 Å². The molecule has 0 aromatic heterocycles. The molecule has 1 unspecified atom stereocenters. The molecule has 0 N–H and O–H groups in total. The van der Waals surface area contributed by atoms with Gasteiger partial charge in [-0.15, -0.1) is 5.92 Å². The first-order chi connectivity index (χ1) is 11.2. The third-order valence-corrected chi connectivity index (χ3v) is 4.42. The average Bonchev–Trinajstić information content (AvgIpc) is 2.58. The zero-order valence-corrected chi connectivity index (χ0v) is 14.9. The van der Waals surface area contributed by atoms with E-state index in [0.717, 1.165) is 12.8 Å². The molecule has 0 spiro atoms. The van der Waals surface area contributed by atoms with Crippen LogP contribution in [0.5, 0.6) is 0 Å². The standard InChI is InChI=1S/C23H28/c1-5-8-10-22-17-21(19(7-3)9-6-2)15-16-23(22)20-13-11-18(4)12-14-20/h11-17,19H,5,7-8,10H2,1-4H3. The number of hydrogen-bond donors (Lipinski definition) is 0. The Morgan fingerprint density at radius 3 is 2.35 bits per heavy atom. The molecule has 0 nitrogen and oxygen atoms in total. The first-order valence-electron chi connectivity index (χ1n) is 8.81. The highest BCUT2D eigenvalue weighted by Gasteiger charge is 2.11. The summed E-state index contributed by atoms with van der Waals surface area (Å²) in [5.41, 5.74) is 6.84. The minimum atomic E-state index is 0.354. The molecule has 2 aromatic rings. The lowest BCUT2D eigenvalue weighted by atomic mass is 9.89. The van der Waals surface area contributed by atoms with Gasteiger partial charge in [-0.1, -0.05) is 74.2 Å². The van der Waals surface area contributed by atoms with Gasteiger partial charge in [-0.3, -0.25) is 0 Å². The van der Waals surface area contributed by atoms with Gasteiger partial charge in [0, 0.05) is 5.92 Å². The molecule has 0 heterocycles. The number of rotatable bonds is 6. The second-order valence-electron chi connectivity index (χ2n) is 6.24. The predicted molar refractivity (Wildman–Crippen MR) is 102 cm³/mol. The van der Waals surface area contributed by atoms with Gasteiger partial charge in [-0.25, -0.2) is 0 Å². The molecule has 120 valence electrons. The summed E-state index contributed by atoms with van der Waals surface area (Å²) in [6, 6.07) is 15.8. The molecule has 0 amide bonds. The second kappa shape index (κ2) is 8.59. The maximum absolute atomic E-state index is 3.35. The summed E-state index contributed by atoms with van der Waals surface area (Å²) in [7, 11) is 0. The molecular weight excluding hydrogens is 276 g/mol. The Kier molecular flexibility index (Phi) is 6.48. The van der Waals surface area contributed by atoms with Crippen LogP contribution in [-0.4, -0.2) is 0 Å². The molecule has 2 aromatic carbocycles. The fourth-order valence-corrected chi connectivity index (χ4v) is 3.01. The highest BCUT2D eigenvalue weighted by Crippen LogP contribution is 2.30. The van der Waals surface area contributed by atoms with Crippen molar-refractivity contribution >= 4 is 0 Å². The maximum atomic E-state index is 3.35. The van der Waals surface area contributed by atoms with Crippen molar-refractivity contribution in [2.24, 2.45) is 0 Å². The van der Waals surface area contributed by atoms with Crippen molar-refractivity contribution in [3.8, 4) is 23.0 Å². The highest BCUT2D eigenvalue weighted by molar-refractivity contribution is 5.68. The van der Waals surface area contributed by atoms with Gasteiger partial charge in [0.15, 0.2) is 0 Å². The van der Waals surface area contributed by atoms with E-state index in [2.05, 4.69) is 75.1 Å². The molecule has 0 saturated carbocycles. The Bertz CT molecular complexity index is 680. The van der Waals surface area contributed by atoms with Crippen LogP contribution in [0, 0.1) is 18.8 Å². The van der Waals surface area contributed by atoms with Crippen molar-refractivity contribution < 1.29 is 0 Å². The summed E-state index contributed by atoms with van der Waals surface area (Å²) in [4.78, 5) is 0. The van der Waals surface area contributed by atoms with E-state index in [0.29, 0.717) is 5.92 Å². The maximum Gasteiger partial charge on any atom is 0.0449 e. The lowest BCUT2D eigenvalue weighted by molar-refractivity contribution is 0.788. The molecule has 0 saturated heterocycles. The lowest BCUT2D eigenvalue weighted by Crippen LogP contribution is -1.98. The topological polar surface area (TPSA) is 0 Å². The predicted octanol–water partition coefficient (Wildman–Crippen LogP) is 6.52. The fraction of sp³-hybridized carbons (Fsp3) is 0.391. The van der Waals surface area contributed by atoms with E-state index in [1.54, 1.807) is 0 Å². The molecule has 1 atom stereocenters. The van der Waals surface area contributed by atoms with Gasteiger partial charge in [-0.05, 0) is 55.4 Å².